The Morgan fingerprint density at radius 1 is 1.19 bits per heavy atom. The number of thiophene rings is 1. The number of aliphatic hydroxyl groups is 1. The third kappa shape index (κ3) is 3.27. The monoisotopic (exact) mass is 386 g/mol. The number of hydrogen-bond donors (Lipinski definition) is 2. The molecule has 2 aromatic heterocycles. The molecule has 5 heterocycles. The summed E-state index contributed by atoms with van der Waals surface area (Å²) in [5.74, 6) is 0.964. The summed E-state index contributed by atoms with van der Waals surface area (Å²) < 4.78 is 6.32. The van der Waals surface area contributed by atoms with Gasteiger partial charge in [0, 0.05) is 24.0 Å². The Bertz CT molecular complexity index is 810. The van der Waals surface area contributed by atoms with E-state index < -0.39 is 0 Å². The zero-order chi connectivity index (χ0) is 18.3. The molecule has 27 heavy (non-hydrogen) atoms. The fraction of sp³-hybridized carbons (Fsp3) is 0.600. The topological polar surface area (TPSA) is 70.5 Å². The Labute approximate surface area is 163 Å². The molecule has 0 bridgehead atoms. The lowest BCUT2D eigenvalue weighted by Crippen LogP contribution is -2.43. The van der Waals surface area contributed by atoms with Gasteiger partial charge >= 0.3 is 0 Å². The number of nitrogens with one attached hydrogen (secondary N) is 1. The van der Waals surface area contributed by atoms with Gasteiger partial charge in [0.2, 0.25) is 0 Å². The number of piperidine rings is 2. The Morgan fingerprint density at radius 2 is 2.00 bits per heavy atom. The van der Waals surface area contributed by atoms with E-state index in [1.807, 2.05) is 11.3 Å². The number of anilines is 1. The number of aromatic nitrogens is 2. The molecule has 7 heteroatoms. The van der Waals surface area contributed by atoms with Crippen molar-refractivity contribution in [2.75, 3.05) is 37.7 Å². The molecule has 2 fully saturated rings. The summed E-state index contributed by atoms with van der Waals surface area (Å²) in [4.78, 5) is 13.9. The van der Waals surface area contributed by atoms with Gasteiger partial charge < -0.3 is 20.1 Å². The third-order valence-corrected chi connectivity index (χ3v) is 7.46. The first-order valence-corrected chi connectivity index (χ1v) is 10.8. The van der Waals surface area contributed by atoms with Crippen LogP contribution in [0, 0.1) is 0 Å². The molecule has 0 atom stereocenters. The minimum atomic E-state index is -0.173. The van der Waals surface area contributed by atoms with Gasteiger partial charge in [-0.15, -0.1) is 11.3 Å². The molecule has 2 saturated heterocycles. The van der Waals surface area contributed by atoms with E-state index in [0.29, 0.717) is 0 Å². The number of nitrogens with zero attached hydrogens (tertiary/aromatic N) is 3. The molecule has 0 radical (unpaired) electrons. The van der Waals surface area contributed by atoms with Crippen LogP contribution in [-0.2, 0) is 16.8 Å². The van der Waals surface area contributed by atoms with E-state index >= 15 is 0 Å². The van der Waals surface area contributed by atoms with Gasteiger partial charge in [-0.2, -0.15) is 0 Å². The zero-order valence-corrected chi connectivity index (χ0v) is 16.3. The molecule has 6 nitrogen and oxygen atoms in total. The van der Waals surface area contributed by atoms with Gasteiger partial charge in [0.25, 0.3) is 0 Å². The first-order valence-electron chi connectivity index (χ1n) is 9.97. The molecule has 1 spiro atoms. The van der Waals surface area contributed by atoms with Crippen LogP contribution in [0.5, 0.6) is 0 Å². The van der Waals surface area contributed by atoms with Crippen LogP contribution in [0.25, 0.3) is 10.6 Å². The average molecular weight is 387 g/mol. The Morgan fingerprint density at radius 3 is 2.81 bits per heavy atom. The maximum Gasteiger partial charge on any atom is 0.132 e. The number of aliphatic hydroxyl groups excluding tert-OH is 1. The van der Waals surface area contributed by atoms with Gasteiger partial charge in [-0.3, -0.25) is 0 Å². The molecule has 3 aliphatic heterocycles. The number of rotatable bonds is 2. The van der Waals surface area contributed by atoms with Crippen molar-refractivity contribution in [3.05, 3.63) is 28.9 Å². The van der Waals surface area contributed by atoms with Crippen LogP contribution >= 0.6 is 11.3 Å². The van der Waals surface area contributed by atoms with E-state index in [2.05, 4.69) is 32.3 Å². The van der Waals surface area contributed by atoms with Crippen molar-refractivity contribution in [3.8, 4) is 10.6 Å². The van der Waals surface area contributed by atoms with Gasteiger partial charge in [0.05, 0.1) is 23.3 Å². The molecular weight excluding hydrogens is 360 g/mol. The summed E-state index contributed by atoms with van der Waals surface area (Å²) in [7, 11) is 0. The van der Waals surface area contributed by atoms with Crippen LogP contribution < -0.4 is 10.2 Å². The van der Waals surface area contributed by atoms with E-state index in [0.717, 1.165) is 76.4 Å². The highest BCUT2D eigenvalue weighted by atomic mass is 32.1. The number of fused-ring (bicyclic) bond motifs is 2. The van der Waals surface area contributed by atoms with Crippen LogP contribution in [0.3, 0.4) is 0 Å². The van der Waals surface area contributed by atoms with Crippen molar-refractivity contribution in [2.24, 2.45) is 0 Å². The quantitative estimate of drug-likeness (QED) is 0.825. The fourth-order valence-corrected chi connectivity index (χ4v) is 5.88. The summed E-state index contributed by atoms with van der Waals surface area (Å²) in [5.41, 5.74) is 2.33. The van der Waals surface area contributed by atoms with Crippen molar-refractivity contribution >= 4 is 17.2 Å². The molecule has 3 aliphatic rings. The van der Waals surface area contributed by atoms with Gasteiger partial charge in [-0.25, -0.2) is 9.97 Å². The van der Waals surface area contributed by atoms with E-state index in [1.165, 1.54) is 15.3 Å². The van der Waals surface area contributed by atoms with Crippen molar-refractivity contribution in [1.82, 2.24) is 15.3 Å². The first kappa shape index (κ1) is 17.6. The zero-order valence-electron chi connectivity index (χ0n) is 15.5. The van der Waals surface area contributed by atoms with Crippen molar-refractivity contribution in [3.63, 3.8) is 0 Å². The van der Waals surface area contributed by atoms with Gasteiger partial charge in [-0.1, -0.05) is 0 Å². The van der Waals surface area contributed by atoms with Crippen LogP contribution in [0.15, 0.2) is 18.5 Å². The molecule has 144 valence electrons. The van der Waals surface area contributed by atoms with Gasteiger partial charge in [-0.05, 0) is 56.8 Å². The minimum absolute atomic E-state index is 0.0966. The van der Waals surface area contributed by atoms with E-state index in [4.69, 9.17) is 4.74 Å². The van der Waals surface area contributed by atoms with E-state index in [9.17, 15) is 5.11 Å². The molecule has 2 aromatic rings. The second-order valence-electron chi connectivity index (χ2n) is 7.79. The second-order valence-corrected chi connectivity index (χ2v) is 8.84. The van der Waals surface area contributed by atoms with Crippen LogP contribution in [0.4, 0.5) is 5.82 Å². The van der Waals surface area contributed by atoms with Crippen LogP contribution in [0.1, 0.15) is 36.1 Å². The molecule has 0 unspecified atom stereocenters. The molecular formula is C20H26N4O2S. The van der Waals surface area contributed by atoms with E-state index in [1.54, 1.807) is 6.33 Å². The summed E-state index contributed by atoms with van der Waals surface area (Å²) in [6.45, 7) is 4.55. The average Bonchev–Trinajstić information content (AvgIpc) is 3.16. The summed E-state index contributed by atoms with van der Waals surface area (Å²) in [6.07, 6.45) is 6.19. The highest BCUT2D eigenvalue weighted by Crippen LogP contribution is 2.46. The van der Waals surface area contributed by atoms with Crippen LogP contribution in [0.2, 0.25) is 0 Å². The molecule has 0 aromatic carbocycles. The first-order chi connectivity index (χ1) is 13.2. The van der Waals surface area contributed by atoms with Gasteiger partial charge in [0.15, 0.2) is 0 Å². The maximum absolute atomic E-state index is 9.75. The van der Waals surface area contributed by atoms with Crippen molar-refractivity contribution < 1.29 is 9.84 Å². The molecule has 2 N–H and O–H groups in total. The highest BCUT2D eigenvalue weighted by molar-refractivity contribution is 7.15. The largest absolute Gasteiger partial charge is 0.393 e. The number of hydrogen-bond acceptors (Lipinski definition) is 7. The summed E-state index contributed by atoms with van der Waals surface area (Å²) in [6, 6.07) is 4.42. The Balaban J connectivity index is 1.45. The second kappa shape index (κ2) is 7.13. The standard InChI is InChI=1S/C20H26N4O2S/c25-15-1-8-24(9-2-15)18-12-16(22-13-23-18)17-11-14-3-10-26-20(19(14)27-17)4-6-21-7-5-20/h11-13,15,21,25H,1-10H2. The molecule has 0 aliphatic carbocycles. The van der Waals surface area contributed by atoms with Crippen LogP contribution in [-0.4, -0.2) is 54.0 Å². The molecule has 5 rings (SSSR count). The Kier molecular flexibility index (Phi) is 4.63. The highest BCUT2D eigenvalue weighted by Gasteiger charge is 2.40. The SMILES string of the molecule is OC1CCN(c2cc(-c3cc4c(s3)C3(CCNCC3)OCC4)ncn2)CC1. The number of ether oxygens (including phenoxy) is 1. The third-order valence-electron chi connectivity index (χ3n) is 6.08. The molecule has 0 amide bonds. The lowest BCUT2D eigenvalue weighted by Gasteiger charge is -2.40. The fourth-order valence-electron chi connectivity index (χ4n) is 4.50. The lowest BCUT2D eigenvalue weighted by molar-refractivity contribution is -0.0771. The maximum atomic E-state index is 9.75. The van der Waals surface area contributed by atoms with Gasteiger partial charge in [0.1, 0.15) is 17.7 Å². The molecule has 0 saturated carbocycles. The smallest absolute Gasteiger partial charge is 0.132 e. The van der Waals surface area contributed by atoms with Crippen molar-refractivity contribution in [1.29, 1.82) is 0 Å². The summed E-state index contributed by atoms with van der Waals surface area (Å²) in [5, 5.41) is 13.2. The lowest BCUT2D eigenvalue weighted by atomic mass is 9.86. The van der Waals surface area contributed by atoms with Crippen molar-refractivity contribution in [2.45, 2.75) is 43.8 Å². The normalized spacial score (nSPS) is 22.8. The predicted octanol–water partition coefficient (Wildman–Crippen LogP) is 2.32. The van der Waals surface area contributed by atoms with E-state index in [-0.39, 0.29) is 11.7 Å². The Hall–Kier alpha value is -1.54. The summed E-state index contributed by atoms with van der Waals surface area (Å²) >= 11 is 1.85. The minimum Gasteiger partial charge on any atom is -0.393 e. The predicted molar refractivity (Wildman–Crippen MR) is 106 cm³/mol.